The number of rotatable bonds is 6. The Bertz CT molecular complexity index is 618. The van der Waals surface area contributed by atoms with Gasteiger partial charge >= 0.3 is 0 Å². The van der Waals surface area contributed by atoms with Gasteiger partial charge in [-0.1, -0.05) is 39.3 Å². The third-order valence-corrected chi connectivity index (χ3v) is 3.96. The summed E-state index contributed by atoms with van der Waals surface area (Å²) in [6, 6.07) is 8.09. The minimum absolute atomic E-state index is 0.0599. The molecule has 0 radical (unpaired) electrons. The van der Waals surface area contributed by atoms with E-state index in [0.29, 0.717) is 12.3 Å². The maximum Gasteiger partial charge on any atom is 0.220 e. The van der Waals surface area contributed by atoms with Crippen LogP contribution in [0.25, 0.3) is 11.0 Å². The number of hydrogen-bond acceptors (Lipinski definition) is 2. The second kappa shape index (κ2) is 6.74. The molecule has 0 bridgehead atoms. The number of nitrogens with one attached hydrogen (secondary N) is 1. The number of aromatic nitrogens is 2. The van der Waals surface area contributed by atoms with Crippen molar-refractivity contribution in [1.29, 1.82) is 0 Å². The molecule has 0 aliphatic heterocycles. The first-order valence-electron chi connectivity index (χ1n) is 7.81. The molecule has 21 heavy (non-hydrogen) atoms. The Labute approximate surface area is 126 Å². The molecule has 0 saturated heterocycles. The third kappa shape index (κ3) is 3.43. The van der Waals surface area contributed by atoms with Crippen molar-refractivity contribution in [3.63, 3.8) is 0 Å². The van der Waals surface area contributed by atoms with E-state index in [-0.39, 0.29) is 11.9 Å². The average Bonchev–Trinajstić information content (AvgIpc) is 2.86. The molecule has 2 rings (SSSR count). The number of amides is 1. The number of hydrogen-bond donors (Lipinski definition) is 1. The van der Waals surface area contributed by atoms with Crippen LogP contribution >= 0.6 is 0 Å². The molecule has 4 heteroatoms. The van der Waals surface area contributed by atoms with Crippen LogP contribution < -0.4 is 5.32 Å². The maximum absolute atomic E-state index is 11.7. The number of carbonyl (C=O) groups excluding carboxylic acids is 1. The summed E-state index contributed by atoms with van der Waals surface area (Å²) in [6.07, 6.45) is 1.62. The van der Waals surface area contributed by atoms with Crippen molar-refractivity contribution in [2.24, 2.45) is 5.92 Å². The van der Waals surface area contributed by atoms with Gasteiger partial charge in [0.05, 0.1) is 17.1 Å². The Morgan fingerprint density at radius 3 is 2.67 bits per heavy atom. The molecule has 0 saturated carbocycles. The standard InChI is InChI=1S/C17H25N3O/c1-5-12(3)11-20-15-10-8-7-9-14(15)19-17(20)13(4)18-16(21)6-2/h7-10,12-13H,5-6,11H2,1-4H3,(H,18,21). The highest BCUT2D eigenvalue weighted by atomic mass is 16.1. The van der Waals surface area contributed by atoms with Crippen molar-refractivity contribution in [3.05, 3.63) is 30.1 Å². The van der Waals surface area contributed by atoms with E-state index in [1.165, 1.54) is 0 Å². The van der Waals surface area contributed by atoms with Crippen LogP contribution in [0.4, 0.5) is 0 Å². The van der Waals surface area contributed by atoms with Crippen molar-refractivity contribution in [1.82, 2.24) is 14.9 Å². The lowest BCUT2D eigenvalue weighted by molar-refractivity contribution is -0.121. The van der Waals surface area contributed by atoms with E-state index in [1.54, 1.807) is 0 Å². The quantitative estimate of drug-likeness (QED) is 0.881. The highest BCUT2D eigenvalue weighted by Crippen LogP contribution is 2.22. The molecule has 2 unspecified atom stereocenters. The summed E-state index contributed by atoms with van der Waals surface area (Å²) in [6.45, 7) is 9.24. The van der Waals surface area contributed by atoms with Gasteiger partial charge in [-0.05, 0) is 25.0 Å². The topological polar surface area (TPSA) is 46.9 Å². The number of para-hydroxylation sites is 2. The van der Waals surface area contributed by atoms with Gasteiger partial charge < -0.3 is 9.88 Å². The largest absolute Gasteiger partial charge is 0.346 e. The predicted octanol–water partition coefficient (Wildman–Crippen LogP) is 3.67. The zero-order valence-electron chi connectivity index (χ0n) is 13.4. The summed E-state index contributed by atoms with van der Waals surface area (Å²) in [4.78, 5) is 16.4. The molecule has 4 nitrogen and oxygen atoms in total. The summed E-state index contributed by atoms with van der Waals surface area (Å²) >= 11 is 0. The zero-order chi connectivity index (χ0) is 15.4. The van der Waals surface area contributed by atoms with Crippen LogP contribution in [-0.4, -0.2) is 15.5 Å². The second-order valence-corrected chi connectivity index (χ2v) is 5.73. The van der Waals surface area contributed by atoms with E-state index in [4.69, 9.17) is 4.98 Å². The first-order chi connectivity index (χ1) is 10.1. The first kappa shape index (κ1) is 15.5. The Hall–Kier alpha value is -1.84. The van der Waals surface area contributed by atoms with Crippen LogP contribution in [0.15, 0.2) is 24.3 Å². The third-order valence-electron chi connectivity index (χ3n) is 3.96. The molecule has 2 aromatic rings. The fourth-order valence-corrected chi connectivity index (χ4v) is 2.47. The first-order valence-corrected chi connectivity index (χ1v) is 7.81. The lowest BCUT2D eigenvalue weighted by Crippen LogP contribution is -2.28. The SMILES string of the molecule is CCC(=O)NC(C)c1nc2ccccc2n1CC(C)CC. The predicted molar refractivity (Wildman–Crippen MR) is 86.0 cm³/mol. The Kier molecular flexibility index (Phi) is 4.99. The molecule has 1 amide bonds. The lowest BCUT2D eigenvalue weighted by Gasteiger charge is -2.18. The molecule has 1 aromatic carbocycles. The highest BCUT2D eigenvalue weighted by Gasteiger charge is 2.18. The summed E-state index contributed by atoms with van der Waals surface area (Å²) in [5, 5.41) is 3.02. The zero-order valence-corrected chi connectivity index (χ0v) is 13.4. The minimum atomic E-state index is -0.0751. The molecule has 0 fully saturated rings. The van der Waals surface area contributed by atoms with Crippen LogP contribution in [0.1, 0.15) is 52.4 Å². The molecule has 1 N–H and O–H groups in total. The number of fused-ring (bicyclic) bond motifs is 1. The van der Waals surface area contributed by atoms with Gasteiger partial charge in [0, 0.05) is 13.0 Å². The Morgan fingerprint density at radius 1 is 1.29 bits per heavy atom. The van der Waals surface area contributed by atoms with Gasteiger partial charge in [-0.25, -0.2) is 4.98 Å². The molecule has 0 aliphatic carbocycles. The van der Waals surface area contributed by atoms with Crippen LogP contribution in [0, 0.1) is 5.92 Å². The molecule has 2 atom stereocenters. The number of carbonyl (C=O) groups is 1. The maximum atomic E-state index is 11.7. The molecule has 0 spiro atoms. The fourth-order valence-electron chi connectivity index (χ4n) is 2.47. The summed E-state index contributed by atoms with van der Waals surface area (Å²) in [5.41, 5.74) is 2.14. The van der Waals surface area contributed by atoms with Crippen LogP contribution in [0.3, 0.4) is 0 Å². The van der Waals surface area contributed by atoms with E-state index in [0.717, 1.165) is 29.8 Å². The van der Waals surface area contributed by atoms with E-state index in [1.807, 2.05) is 32.0 Å². The summed E-state index contributed by atoms with van der Waals surface area (Å²) < 4.78 is 2.25. The number of nitrogens with zero attached hydrogens (tertiary/aromatic N) is 2. The van der Waals surface area contributed by atoms with Gasteiger partial charge in [-0.15, -0.1) is 0 Å². The molecule has 114 valence electrons. The minimum Gasteiger partial charge on any atom is -0.346 e. The number of imidazole rings is 1. The van der Waals surface area contributed by atoms with Gasteiger partial charge in [0.15, 0.2) is 0 Å². The van der Waals surface area contributed by atoms with Gasteiger partial charge in [-0.3, -0.25) is 4.79 Å². The van der Waals surface area contributed by atoms with Crippen molar-refractivity contribution < 1.29 is 4.79 Å². The van der Waals surface area contributed by atoms with Crippen molar-refractivity contribution in [3.8, 4) is 0 Å². The molecule has 0 aliphatic rings. The van der Waals surface area contributed by atoms with E-state index < -0.39 is 0 Å². The Morgan fingerprint density at radius 2 is 2.00 bits per heavy atom. The van der Waals surface area contributed by atoms with Gasteiger partial charge in [-0.2, -0.15) is 0 Å². The Balaban J connectivity index is 2.41. The van der Waals surface area contributed by atoms with Gasteiger partial charge in [0.1, 0.15) is 5.82 Å². The van der Waals surface area contributed by atoms with Crippen LogP contribution in [0.5, 0.6) is 0 Å². The summed E-state index contributed by atoms with van der Waals surface area (Å²) in [5.74, 6) is 1.58. The highest BCUT2D eigenvalue weighted by molar-refractivity contribution is 5.77. The smallest absolute Gasteiger partial charge is 0.220 e. The molecule has 1 heterocycles. The van der Waals surface area contributed by atoms with Gasteiger partial charge in [0.25, 0.3) is 0 Å². The second-order valence-electron chi connectivity index (χ2n) is 5.73. The van der Waals surface area contributed by atoms with Crippen molar-refractivity contribution in [2.75, 3.05) is 0 Å². The number of benzene rings is 1. The van der Waals surface area contributed by atoms with Crippen molar-refractivity contribution >= 4 is 16.9 Å². The lowest BCUT2D eigenvalue weighted by atomic mass is 10.1. The molecular weight excluding hydrogens is 262 g/mol. The van der Waals surface area contributed by atoms with E-state index in [9.17, 15) is 4.79 Å². The monoisotopic (exact) mass is 287 g/mol. The van der Waals surface area contributed by atoms with Crippen LogP contribution in [-0.2, 0) is 11.3 Å². The van der Waals surface area contributed by atoms with E-state index >= 15 is 0 Å². The fraction of sp³-hybridized carbons (Fsp3) is 0.529. The molecular formula is C17H25N3O. The van der Waals surface area contributed by atoms with Crippen LogP contribution in [0.2, 0.25) is 0 Å². The average molecular weight is 287 g/mol. The van der Waals surface area contributed by atoms with E-state index in [2.05, 4.69) is 29.8 Å². The normalized spacial score (nSPS) is 14.1. The van der Waals surface area contributed by atoms with Gasteiger partial charge in [0.2, 0.25) is 5.91 Å². The summed E-state index contributed by atoms with van der Waals surface area (Å²) in [7, 11) is 0. The van der Waals surface area contributed by atoms with Crippen molar-refractivity contribution in [2.45, 2.75) is 53.1 Å². The molecule has 1 aromatic heterocycles.